The van der Waals surface area contributed by atoms with Crippen molar-refractivity contribution in [3.05, 3.63) is 29.3 Å². The van der Waals surface area contributed by atoms with Gasteiger partial charge in [-0.15, -0.1) is 0 Å². The molecule has 0 bridgehead atoms. The number of alkyl carbamates (subject to hydrolysis) is 1. The monoisotopic (exact) mass is 314 g/mol. The molecule has 0 aromatic heterocycles. The van der Waals surface area contributed by atoms with Gasteiger partial charge in [-0.05, 0) is 31.0 Å². The topological polar surface area (TPSA) is 70.6 Å². The summed E-state index contributed by atoms with van der Waals surface area (Å²) in [4.78, 5) is 11.5. The van der Waals surface area contributed by atoms with Gasteiger partial charge in [0.2, 0.25) is 0 Å². The number of anilines is 1. The Hall–Kier alpha value is -1.46. The summed E-state index contributed by atoms with van der Waals surface area (Å²) in [5.74, 6) is 0. The number of halogens is 1. The van der Waals surface area contributed by atoms with Crippen LogP contribution in [-0.2, 0) is 4.74 Å². The zero-order chi connectivity index (χ0) is 15.5. The summed E-state index contributed by atoms with van der Waals surface area (Å²) < 4.78 is 5.00. The van der Waals surface area contributed by atoms with Crippen molar-refractivity contribution in [2.45, 2.75) is 32.2 Å². The molecule has 1 aromatic rings. The Morgan fingerprint density at radius 2 is 2.29 bits per heavy atom. The van der Waals surface area contributed by atoms with E-state index < -0.39 is 6.09 Å². The molecule has 21 heavy (non-hydrogen) atoms. The average Bonchev–Trinajstić information content (AvgIpc) is 2.46. The van der Waals surface area contributed by atoms with Crippen LogP contribution in [0.4, 0.5) is 10.5 Å². The highest BCUT2D eigenvalue weighted by molar-refractivity contribution is 6.30. The van der Waals surface area contributed by atoms with Gasteiger partial charge in [0.15, 0.2) is 0 Å². The molecule has 0 saturated carbocycles. The Morgan fingerprint density at radius 1 is 1.48 bits per heavy atom. The fourth-order valence-electron chi connectivity index (χ4n) is 1.72. The summed E-state index contributed by atoms with van der Waals surface area (Å²) in [5.41, 5.74) is 0.907. The second-order valence-electron chi connectivity index (χ2n) is 4.74. The Labute approximate surface area is 130 Å². The van der Waals surface area contributed by atoms with Gasteiger partial charge in [0.05, 0.1) is 19.3 Å². The molecule has 1 amide bonds. The van der Waals surface area contributed by atoms with Gasteiger partial charge in [-0.2, -0.15) is 0 Å². The molecule has 1 aromatic carbocycles. The maximum atomic E-state index is 11.5. The highest BCUT2D eigenvalue weighted by Crippen LogP contribution is 2.14. The van der Waals surface area contributed by atoms with E-state index in [0.717, 1.165) is 18.5 Å². The molecule has 6 heteroatoms. The van der Waals surface area contributed by atoms with E-state index in [0.29, 0.717) is 24.6 Å². The van der Waals surface area contributed by atoms with Crippen LogP contribution in [0.5, 0.6) is 0 Å². The summed E-state index contributed by atoms with van der Waals surface area (Å²) in [6, 6.07) is 7.06. The lowest BCUT2D eigenvalue weighted by Crippen LogP contribution is -2.39. The number of unbranched alkanes of at least 4 members (excludes halogenated alkanes) is 1. The summed E-state index contributed by atoms with van der Waals surface area (Å²) in [6.07, 6.45) is 1.92. The molecule has 0 aliphatic rings. The molecule has 0 unspecified atom stereocenters. The Kier molecular flexibility index (Phi) is 8.62. The van der Waals surface area contributed by atoms with Crippen molar-refractivity contribution in [3.63, 3.8) is 0 Å². The van der Waals surface area contributed by atoms with Crippen LogP contribution < -0.4 is 10.6 Å². The molecule has 3 N–H and O–H groups in total. The van der Waals surface area contributed by atoms with Crippen molar-refractivity contribution in [2.75, 3.05) is 25.1 Å². The number of hydrogen-bond acceptors (Lipinski definition) is 4. The van der Waals surface area contributed by atoms with Crippen LogP contribution in [-0.4, -0.2) is 37.0 Å². The minimum atomic E-state index is -0.481. The molecule has 0 heterocycles. The largest absolute Gasteiger partial charge is 0.450 e. The fourth-order valence-corrected chi connectivity index (χ4v) is 1.91. The molecule has 0 spiro atoms. The van der Waals surface area contributed by atoms with Gasteiger partial charge in [-0.25, -0.2) is 4.79 Å². The molecular weight excluding hydrogens is 292 g/mol. The average molecular weight is 315 g/mol. The number of hydrogen-bond donors (Lipinski definition) is 3. The van der Waals surface area contributed by atoms with Crippen molar-refractivity contribution < 1.29 is 14.6 Å². The first-order chi connectivity index (χ1) is 10.2. The summed E-state index contributed by atoms with van der Waals surface area (Å²) >= 11 is 5.89. The van der Waals surface area contributed by atoms with E-state index in [1.54, 1.807) is 6.07 Å². The van der Waals surface area contributed by atoms with Crippen molar-refractivity contribution >= 4 is 23.4 Å². The van der Waals surface area contributed by atoms with Crippen LogP contribution in [0, 0.1) is 0 Å². The smallest absolute Gasteiger partial charge is 0.407 e. The highest BCUT2D eigenvalue weighted by atomic mass is 35.5. The Bertz CT molecular complexity index is 429. The number of rotatable bonds is 9. The molecule has 0 aliphatic carbocycles. The zero-order valence-electron chi connectivity index (χ0n) is 12.3. The lowest BCUT2D eigenvalue weighted by atomic mass is 10.2. The van der Waals surface area contributed by atoms with Crippen LogP contribution in [0.15, 0.2) is 24.3 Å². The van der Waals surface area contributed by atoms with Crippen molar-refractivity contribution in [3.8, 4) is 0 Å². The molecule has 5 nitrogen and oxygen atoms in total. The van der Waals surface area contributed by atoms with Crippen LogP contribution in [0.25, 0.3) is 0 Å². The number of carbonyl (C=O) groups is 1. The lowest BCUT2D eigenvalue weighted by Gasteiger charge is -2.17. The number of aliphatic hydroxyl groups is 1. The van der Waals surface area contributed by atoms with E-state index >= 15 is 0 Å². The maximum Gasteiger partial charge on any atom is 0.407 e. The zero-order valence-corrected chi connectivity index (χ0v) is 13.0. The van der Waals surface area contributed by atoms with E-state index in [4.69, 9.17) is 16.3 Å². The Balaban J connectivity index is 2.26. The highest BCUT2D eigenvalue weighted by Gasteiger charge is 2.11. The first-order valence-corrected chi connectivity index (χ1v) is 7.57. The summed E-state index contributed by atoms with van der Waals surface area (Å²) in [7, 11) is 0. The molecule has 118 valence electrons. The molecule has 1 atom stereocenters. The van der Waals surface area contributed by atoms with Gasteiger partial charge in [0, 0.05) is 17.3 Å². The second kappa shape index (κ2) is 10.3. The number of benzene rings is 1. The van der Waals surface area contributed by atoms with E-state index in [2.05, 4.69) is 10.6 Å². The number of aliphatic hydroxyl groups excluding tert-OH is 1. The third-order valence-electron chi connectivity index (χ3n) is 2.92. The SMILES string of the molecule is CCCCOC(=O)N[C@H](CO)CCNc1cccc(Cl)c1. The molecule has 0 aliphatic heterocycles. The second-order valence-corrected chi connectivity index (χ2v) is 5.18. The molecular formula is C15H23ClN2O3. The van der Waals surface area contributed by atoms with Gasteiger partial charge in [-0.1, -0.05) is 31.0 Å². The standard InChI is InChI=1S/C15H23ClN2O3/c1-2-3-9-21-15(20)18-14(11-19)7-8-17-13-6-4-5-12(16)10-13/h4-6,10,14,17,19H,2-3,7-9,11H2,1H3,(H,18,20)/t14-/m0/s1. The van der Waals surface area contributed by atoms with Gasteiger partial charge in [0.1, 0.15) is 0 Å². The minimum Gasteiger partial charge on any atom is -0.450 e. The predicted molar refractivity (Wildman–Crippen MR) is 84.8 cm³/mol. The first kappa shape index (κ1) is 17.6. The maximum absolute atomic E-state index is 11.5. The normalized spacial score (nSPS) is 11.8. The van der Waals surface area contributed by atoms with Gasteiger partial charge < -0.3 is 20.5 Å². The lowest BCUT2D eigenvalue weighted by molar-refractivity contribution is 0.133. The number of ether oxygens (including phenoxy) is 1. The van der Waals surface area contributed by atoms with E-state index in [9.17, 15) is 9.90 Å². The number of carbonyl (C=O) groups excluding carboxylic acids is 1. The fraction of sp³-hybridized carbons (Fsp3) is 0.533. The number of amides is 1. The van der Waals surface area contributed by atoms with Crippen molar-refractivity contribution in [1.82, 2.24) is 5.32 Å². The Morgan fingerprint density at radius 3 is 2.95 bits per heavy atom. The molecule has 1 rings (SSSR count). The first-order valence-electron chi connectivity index (χ1n) is 7.19. The molecule has 0 saturated heterocycles. The molecule has 0 radical (unpaired) electrons. The summed E-state index contributed by atoms with van der Waals surface area (Å²) in [5, 5.41) is 15.8. The van der Waals surface area contributed by atoms with Crippen molar-refractivity contribution in [2.24, 2.45) is 0 Å². The third kappa shape index (κ3) is 7.78. The van der Waals surface area contributed by atoms with Gasteiger partial charge in [-0.3, -0.25) is 0 Å². The van der Waals surface area contributed by atoms with Crippen LogP contribution in [0.3, 0.4) is 0 Å². The van der Waals surface area contributed by atoms with Crippen LogP contribution in [0.1, 0.15) is 26.2 Å². The predicted octanol–water partition coefficient (Wildman–Crippen LogP) is 3.03. The molecule has 0 fully saturated rings. The summed E-state index contributed by atoms with van der Waals surface area (Å²) in [6.45, 7) is 2.92. The van der Waals surface area contributed by atoms with Crippen LogP contribution in [0.2, 0.25) is 5.02 Å². The van der Waals surface area contributed by atoms with Gasteiger partial charge in [0.25, 0.3) is 0 Å². The quantitative estimate of drug-likeness (QED) is 0.613. The van der Waals surface area contributed by atoms with Gasteiger partial charge >= 0.3 is 6.09 Å². The minimum absolute atomic E-state index is 0.125. The van der Waals surface area contributed by atoms with E-state index in [1.165, 1.54) is 0 Å². The van der Waals surface area contributed by atoms with Crippen LogP contribution >= 0.6 is 11.6 Å². The van der Waals surface area contributed by atoms with Crippen molar-refractivity contribution in [1.29, 1.82) is 0 Å². The van der Waals surface area contributed by atoms with E-state index in [1.807, 2.05) is 25.1 Å². The number of nitrogens with one attached hydrogen (secondary N) is 2. The third-order valence-corrected chi connectivity index (χ3v) is 3.16. The van der Waals surface area contributed by atoms with E-state index in [-0.39, 0.29) is 12.6 Å².